The van der Waals surface area contributed by atoms with E-state index in [1.165, 1.54) is 10.8 Å². The number of amides is 1. The van der Waals surface area contributed by atoms with Gasteiger partial charge in [0, 0.05) is 13.6 Å². The quantitative estimate of drug-likeness (QED) is 0.710. The number of hydrogen-bond donors (Lipinski definition) is 0. The summed E-state index contributed by atoms with van der Waals surface area (Å²) in [5.41, 5.74) is 2.21. The summed E-state index contributed by atoms with van der Waals surface area (Å²) in [4.78, 5) is 14.2. The summed E-state index contributed by atoms with van der Waals surface area (Å²) in [5.74, 6) is 0.138. The lowest BCUT2D eigenvalue weighted by molar-refractivity contribution is -0.129. The van der Waals surface area contributed by atoms with E-state index in [4.69, 9.17) is 0 Å². The van der Waals surface area contributed by atoms with Gasteiger partial charge in [0.2, 0.25) is 5.91 Å². The minimum Gasteiger partial charge on any atom is -0.341 e. The monoisotopic (exact) mass is 289 g/mol. The molecule has 2 nitrogen and oxygen atoms in total. The van der Waals surface area contributed by atoms with Gasteiger partial charge in [-0.1, -0.05) is 72.8 Å². The zero-order valence-corrected chi connectivity index (χ0v) is 12.7. The Bertz CT molecular complexity index is 780. The molecular formula is C20H19NO. The highest BCUT2D eigenvalue weighted by atomic mass is 16.2. The summed E-state index contributed by atoms with van der Waals surface area (Å²) in [6, 6.07) is 24.5. The van der Waals surface area contributed by atoms with Crippen LogP contribution in [-0.2, 0) is 17.8 Å². The minimum atomic E-state index is 0.138. The molecule has 3 rings (SSSR count). The Morgan fingerprint density at radius 3 is 2.27 bits per heavy atom. The Morgan fingerprint density at radius 2 is 1.50 bits per heavy atom. The Morgan fingerprint density at radius 1 is 0.818 bits per heavy atom. The molecule has 0 aliphatic rings. The molecule has 0 aliphatic heterocycles. The molecule has 0 aliphatic carbocycles. The minimum absolute atomic E-state index is 0.138. The molecule has 0 atom stereocenters. The average Bonchev–Trinajstić information content (AvgIpc) is 2.55. The van der Waals surface area contributed by atoms with Crippen LogP contribution in [0.25, 0.3) is 10.8 Å². The maximum Gasteiger partial charge on any atom is 0.227 e. The first-order valence-corrected chi connectivity index (χ1v) is 7.48. The van der Waals surface area contributed by atoms with E-state index in [1.54, 1.807) is 4.90 Å². The summed E-state index contributed by atoms with van der Waals surface area (Å²) in [6.45, 7) is 0.646. The summed E-state index contributed by atoms with van der Waals surface area (Å²) in [5, 5.41) is 2.38. The molecule has 0 saturated carbocycles. The van der Waals surface area contributed by atoms with Gasteiger partial charge in [0.25, 0.3) is 0 Å². The summed E-state index contributed by atoms with van der Waals surface area (Å²) < 4.78 is 0. The van der Waals surface area contributed by atoms with Crippen molar-refractivity contribution >= 4 is 16.7 Å². The van der Waals surface area contributed by atoms with E-state index in [9.17, 15) is 4.79 Å². The fourth-order valence-corrected chi connectivity index (χ4v) is 2.60. The van der Waals surface area contributed by atoms with Gasteiger partial charge in [0.15, 0.2) is 0 Å². The van der Waals surface area contributed by atoms with E-state index in [0.29, 0.717) is 13.0 Å². The van der Waals surface area contributed by atoms with Gasteiger partial charge in [0.05, 0.1) is 6.42 Å². The molecule has 0 heterocycles. The van der Waals surface area contributed by atoms with Gasteiger partial charge in [-0.2, -0.15) is 0 Å². The van der Waals surface area contributed by atoms with E-state index < -0.39 is 0 Å². The molecule has 0 fully saturated rings. The van der Waals surface area contributed by atoms with Crippen molar-refractivity contribution in [1.29, 1.82) is 0 Å². The maximum atomic E-state index is 12.4. The molecule has 3 aromatic carbocycles. The third kappa shape index (κ3) is 3.34. The largest absolute Gasteiger partial charge is 0.341 e. The summed E-state index contributed by atoms with van der Waals surface area (Å²) in [7, 11) is 1.86. The lowest BCUT2D eigenvalue weighted by atomic mass is 10.0. The SMILES string of the molecule is CN(Cc1ccccc1)C(=O)Cc1ccc2ccccc2c1. The van der Waals surface area contributed by atoms with Crippen LogP contribution in [0.1, 0.15) is 11.1 Å². The highest BCUT2D eigenvalue weighted by molar-refractivity contribution is 5.85. The number of carbonyl (C=O) groups excluding carboxylic acids is 1. The van der Waals surface area contributed by atoms with Crippen LogP contribution >= 0.6 is 0 Å². The smallest absolute Gasteiger partial charge is 0.227 e. The second-order valence-corrected chi connectivity index (χ2v) is 5.59. The van der Waals surface area contributed by atoms with Crippen molar-refractivity contribution < 1.29 is 4.79 Å². The molecule has 0 N–H and O–H groups in total. The molecule has 0 saturated heterocycles. The van der Waals surface area contributed by atoms with Crippen molar-refractivity contribution in [3.05, 3.63) is 83.9 Å². The first-order valence-electron chi connectivity index (χ1n) is 7.48. The first-order chi connectivity index (χ1) is 10.7. The second-order valence-electron chi connectivity index (χ2n) is 5.59. The Balaban J connectivity index is 1.69. The van der Waals surface area contributed by atoms with Crippen molar-refractivity contribution in [3.8, 4) is 0 Å². The topological polar surface area (TPSA) is 20.3 Å². The number of hydrogen-bond acceptors (Lipinski definition) is 1. The molecule has 0 bridgehead atoms. The fraction of sp³-hybridized carbons (Fsp3) is 0.150. The van der Waals surface area contributed by atoms with Gasteiger partial charge in [-0.3, -0.25) is 4.79 Å². The van der Waals surface area contributed by atoms with Crippen LogP contribution < -0.4 is 0 Å². The van der Waals surface area contributed by atoms with Gasteiger partial charge in [-0.25, -0.2) is 0 Å². The Labute approximate surface area is 131 Å². The number of nitrogens with zero attached hydrogens (tertiary/aromatic N) is 1. The van der Waals surface area contributed by atoms with Crippen molar-refractivity contribution in [3.63, 3.8) is 0 Å². The molecule has 0 unspecified atom stereocenters. The van der Waals surface area contributed by atoms with Crippen LogP contribution in [0.2, 0.25) is 0 Å². The Kier molecular flexibility index (Phi) is 4.19. The molecule has 1 amide bonds. The predicted molar refractivity (Wildman–Crippen MR) is 90.6 cm³/mol. The van der Waals surface area contributed by atoms with Crippen LogP contribution in [-0.4, -0.2) is 17.9 Å². The predicted octanol–water partition coefficient (Wildman–Crippen LogP) is 4.04. The summed E-state index contributed by atoms with van der Waals surface area (Å²) in [6.07, 6.45) is 0.439. The van der Waals surface area contributed by atoms with Gasteiger partial charge in [0.1, 0.15) is 0 Å². The van der Waals surface area contributed by atoms with Crippen molar-refractivity contribution in [1.82, 2.24) is 4.90 Å². The van der Waals surface area contributed by atoms with E-state index in [1.807, 2.05) is 55.6 Å². The average molecular weight is 289 g/mol. The van der Waals surface area contributed by atoms with Crippen LogP contribution in [0.4, 0.5) is 0 Å². The van der Waals surface area contributed by atoms with Crippen LogP contribution in [0.15, 0.2) is 72.8 Å². The number of rotatable bonds is 4. The molecule has 0 aromatic heterocycles. The van der Waals surface area contributed by atoms with Gasteiger partial charge < -0.3 is 4.90 Å². The lowest BCUT2D eigenvalue weighted by Crippen LogP contribution is -2.27. The van der Waals surface area contributed by atoms with Gasteiger partial charge in [-0.15, -0.1) is 0 Å². The molecule has 0 radical (unpaired) electrons. The number of carbonyl (C=O) groups is 1. The first kappa shape index (κ1) is 14.3. The van der Waals surface area contributed by atoms with Crippen molar-refractivity contribution in [2.75, 3.05) is 7.05 Å². The molecular weight excluding hydrogens is 270 g/mol. The third-order valence-corrected chi connectivity index (χ3v) is 3.86. The maximum absolute atomic E-state index is 12.4. The Hall–Kier alpha value is -2.61. The standard InChI is InChI=1S/C20H19NO/c1-21(15-16-7-3-2-4-8-16)20(22)14-17-11-12-18-9-5-6-10-19(18)13-17/h2-13H,14-15H2,1H3. The fourth-order valence-electron chi connectivity index (χ4n) is 2.60. The van der Waals surface area contributed by atoms with Crippen molar-refractivity contribution in [2.24, 2.45) is 0 Å². The van der Waals surface area contributed by atoms with Crippen LogP contribution in [0.5, 0.6) is 0 Å². The highest BCUT2D eigenvalue weighted by Crippen LogP contribution is 2.16. The number of likely N-dealkylation sites (N-methyl/N-ethyl adjacent to an activating group) is 1. The molecule has 22 heavy (non-hydrogen) atoms. The summed E-state index contributed by atoms with van der Waals surface area (Å²) >= 11 is 0. The molecule has 2 heteroatoms. The normalized spacial score (nSPS) is 10.6. The number of benzene rings is 3. The second kappa shape index (κ2) is 6.44. The molecule has 3 aromatic rings. The van der Waals surface area contributed by atoms with E-state index in [0.717, 1.165) is 11.1 Å². The zero-order valence-electron chi connectivity index (χ0n) is 12.7. The van der Waals surface area contributed by atoms with Crippen LogP contribution in [0.3, 0.4) is 0 Å². The zero-order chi connectivity index (χ0) is 15.4. The molecule has 110 valence electrons. The lowest BCUT2D eigenvalue weighted by Gasteiger charge is -2.17. The third-order valence-electron chi connectivity index (χ3n) is 3.86. The highest BCUT2D eigenvalue weighted by Gasteiger charge is 2.10. The molecule has 0 spiro atoms. The van der Waals surface area contributed by atoms with Gasteiger partial charge >= 0.3 is 0 Å². The van der Waals surface area contributed by atoms with Crippen LogP contribution in [0, 0.1) is 0 Å². The number of fused-ring (bicyclic) bond motifs is 1. The van der Waals surface area contributed by atoms with E-state index >= 15 is 0 Å². The van der Waals surface area contributed by atoms with E-state index in [2.05, 4.69) is 24.3 Å². The van der Waals surface area contributed by atoms with Gasteiger partial charge in [-0.05, 0) is 21.9 Å². The van der Waals surface area contributed by atoms with Crippen molar-refractivity contribution in [2.45, 2.75) is 13.0 Å². The van der Waals surface area contributed by atoms with E-state index in [-0.39, 0.29) is 5.91 Å².